The Bertz CT molecular complexity index is 306. The summed E-state index contributed by atoms with van der Waals surface area (Å²) in [5.74, 6) is 0. The first-order valence-electron chi connectivity index (χ1n) is 5.80. The monoisotopic (exact) mass is 268 g/mol. The highest BCUT2D eigenvalue weighted by Crippen LogP contribution is 2.34. The van der Waals surface area contributed by atoms with Gasteiger partial charge in [-0.2, -0.15) is 13.2 Å². The van der Waals surface area contributed by atoms with Gasteiger partial charge in [0.15, 0.2) is 0 Å². The summed E-state index contributed by atoms with van der Waals surface area (Å²) in [6.07, 6.45) is -3.68. The van der Waals surface area contributed by atoms with Gasteiger partial charge in [0.05, 0.1) is 10.6 Å². The summed E-state index contributed by atoms with van der Waals surface area (Å²) in [6, 6.07) is 3.81. The minimum atomic E-state index is -4.36. The van der Waals surface area contributed by atoms with E-state index in [-0.39, 0.29) is 5.02 Å². The highest BCUT2D eigenvalue weighted by molar-refractivity contribution is 6.31. The number of hydrogen-bond acceptors (Lipinski definition) is 0. The Labute approximate surface area is 107 Å². The van der Waals surface area contributed by atoms with Gasteiger partial charge in [-0.1, -0.05) is 52.3 Å². The van der Waals surface area contributed by atoms with Gasteiger partial charge in [-0.25, -0.2) is 0 Å². The van der Waals surface area contributed by atoms with Crippen molar-refractivity contribution in [3.63, 3.8) is 0 Å². The van der Waals surface area contributed by atoms with Crippen molar-refractivity contribution in [1.29, 1.82) is 0 Å². The first-order chi connectivity index (χ1) is 7.95. The van der Waals surface area contributed by atoms with E-state index in [0.29, 0.717) is 6.42 Å². The van der Waals surface area contributed by atoms with Gasteiger partial charge in [-0.15, -0.1) is 0 Å². The Morgan fingerprint density at radius 2 is 1.53 bits per heavy atom. The lowest BCUT2D eigenvalue weighted by Gasteiger charge is -2.09. The van der Waals surface area contributed by atoms with Crippen molar-refractivity contribution in [2.75, 3.05) is 0 Å². The van der Waals surface area contributed by atoms with Crippen molar-refractivity contribution in [1.82, 2.24) is 0 Å². The Morgan fingerprint density at radius 3 is 1.82 bits per heavy atom. The first-order valence-corrected chi connectivity index (χ1v) is 6.18. The first kappa shape index (κ1) is 18.7. The molecular formula is C13H20ClF3. The predicted molar refractivity (Wildman–Crippen MR) is 68.5 cm³/mol. The molecule has 0 N–H and O–H groups in total. The van der Waals surface area contributed by atoms with Crippen LogP contribution in [0.25, 0.3) is 0 Å². The molecule has 0 aliphatic heterocycles. The van der Waals surface area contributed by atoms with Crippen molar-refractivity contribution in [3.05, 3.63) is 34.3 Å². The van der Waals surface area contributed by atoms with Gasteiger partial charge in [-0.3, -0.25) is 0 Å². The lowest BCUT2D eigenvalue weighted by molar-refractivity contribution is -0.137. The molecule has 17 heavy (non-hydrogen) atoms. The zero-order chi connectivity index (χ0) is 14.1. The van der Waals surface area contributed by atoms with E-state index in [2.05, 4.69) is 0 Å². The molecule has 0 saturated heterocycles. The summed E-state index contributed by atoms with van der Waals surface area (Å²) >= 11 is 5.47. The SMILES string of the molecule is CC.CC.CCc1ccc(C(F)(F)F)c(Cl)c1. The van der Waals surface area contributed by atoms with Gasteiger partial charge in [0, 0.05) is 0 Å². The van der Waals surface area contributed by atoms with Crippen LogP contribution in [0.15, 0.2) is 18.2 Å². The molecular weight excluding hydrogens is 249 g/mol. The zero-order valence-electron chi connectivity index (χ0n) is 11.0. The Kier molecular flexibility index (Phi) is 10.3. The second-order valence-electron chi connectivity index (χ2n) is 2.67. The molecule has 0 aliphatic carbocycles. The summed E-state index contributed by atoms with van der Waals surface area (Å²) in [5.41, 5.74) is 0.0318. The molecule has 0 atom stereocenters. The molecule has 0 unspecified atom stereocenters. The molecule has 4 heteroatoms. The maximum absolute atomic E-state index is 12.2. The number of halogens is 4. The van der Waals surface area contributed by atoms with Gasteiger partial charge in [0.1, 0.15) is 0 Å². The Morgan fingerprint density at radius 1 is 1.06 bits per heavy atom. The molecule has 1 aromatic rings. The van der Waals surface area contributed by atoms with Crippen molar-refractivity contribution in [2.24, 2.45) is 0 Å². The average Bonchev–Trinajstić information content (AvgIpc) is 2.32. The molecule has 1 rings (SSSR count). The molecule has 0 radical (unpaired) electrons. The van der Waals surface area contributed by atoms with E-state index in [4.69, 9.17) is 11.6 Å². The predicted octanol–water partition coefficient (Wildman–Crippen LogP) is 5.97. The second kappa shape index (κ2) is 9.34. The summed E-state index contributed by atoms with van der Waals surface area (Å²) in [6.45, 7) is 9.86. The number of rotatable bonds is 1. The molecule has 0 fully saturated rings. The fraction of sp³-hybridized carbons (Fsp3) is 0.538. The molecule has 0 nitrogen and oxygen atoms in total. The average molecular weight is 269 g/mol. The van der Waals surface area contributed by atoms with Crippen LogP contribution < -0.4 is 0 Å². The highest BCUT2D eigenvalue weighted by Gasteiger charge is 2.32. The van der Waals surface area contributed by atoms with Crippen LogP contribution in [0, 0.1) is 0 Å². The van der Waals surface area contributed by atoms with Gasteiger partial charge in [-0.05, 0) is 24.1 Å². The molecule has 0 aromatic heterocycles. The van der Waals surface area contributed by atoms with E-state index in [9.17, 15) is 13.2 Å². The molecule has 0 aliphatic rings. The summed E-state index contributed by atoms with van der Waals surface area (Å²) in [7, 11) is 0. The topological polar surface area (TPSA) is 0 Å². The quantitative estimate of drug-likeness (QED) is 0.588. The zero-order valence-corrected chi connectivity index (χ0v) is 11.7. The Balaban J connectivity index is 0. The normalized spacial score (nSPS) is 9.71. The van der Waals surface area contributed by atoms with E-state index in [1.54, 1.807) is 0 Å². The van der Waals surface area contributed by atoms with Gasteiger partial charge >= 0.3 is 6.18 Å². The second-order valence-corrected chi connectivity index (χ2v) is 3.07. The van der Waals surface area contributed by atoms with Crippen LogP contribution >= 0.6 is 11.6 Å². The van der Waals surface area contributed by atoms with Crippen molar-refractivity contribution in [2.45, 2.75) is 47.2 Å². The maximum atomic E-state index is 12.2. The largest absolute Gasteiger partial charge is 0.417 e. The van der Waals surface area contributed by atoms with Crippen LogP contribution in [-0.4, -0.2) is 0 Å². The van der Waals surface area contributed by atoms with Crippen molar-refractivity contribution >= 4 is 11.6 Å². The molecule has 0 spiro atoms. The van der Waals surface area contributed by atoms with E-state index >= 15 is 0 Å². The van der Waals surface area contributed by atoms with Crippen LogP contribution in [0.3, 0.4) is 0 Å². The molecule has 0 bridgehead atoms. The molecule has 0 heterocycles. The number of benzene rings is 1. The van der Waals surface area contributed by atoms with Crippen LogP contribution in [-0.2, 0) is 12.6 Å². The summed E-state index contributed by atoms with van der Waals surface area (Å²) in [5, 5.41) is -0.230. The summed E-state index contributed by atoms with van der Waals surface area (Å²) < 4.78 is 36.6. The minimum absolute atomic E-state index is 0.230. The number of hydrogen-bond donors (Lipinski definition) is 0. The fourth-order valence-corrected chi connectivity index (χ4v) is 1.32. The molecule has 0 saturated carbocycles. The molecule has 1 aromatic carbocycles. The minimum Gasteiger partial charge on any atom is -0.166 e. The van der Waals surface area contributed by atoms with Crippen molar-refractivity contribution in [3.8, 4) is 0 Å². The van der Waals surface area contributed by atoms with Crippen LogP contribution in [0.1, 0.15) is 45.7 Å². The number of alkyl halides is 3. The van der Waals surface area contributed by atoms with E-state index < -0.39 is 11.7 Å². The fourth-order valence-electron chi connectivity index (χ4n) is 1.01. The Hall–Kier alpha value is -0.700. The van der Waals surface area contributed by atoms with E-state index in [1.165, 1.54) is 12.1 Å². The lowest BCUT2D eigenvalue weighted by atomic mass is 10.1. The standard InChI is InChI=1S/C9H8ClF3.2C2H6/c1-2-6-3-4-7(8(10)5-6)9(11,12)13;2*1-2/h3-5H,2H2,1H3;2*1-2H3. The summed E-state index contributed by atoms with van der Waals surface area (Å²) in [4.78, 5) is 0. The van der Waals surface area contributed by atoms with Crippen molar-refractivity contribution < 1.29 is 13.2 Å². The molecule has 0 amide bonds. The van der Waals surface area contributed by atoms with Gasteiger partial charge in [0.2, 0.25) is 0 Å². The third kappa shape index (κ3) is 6.57. The van der Waals surface area contributed by atoms with E-state index in [0.717, 1.165) is 11.6 Å². The van der Waals surface area contributed by atoms with Gasteiger partial charge < -0.3 is 0 Å². The van der Waals surface area contributed by atoms with Gasteiger partial charge in [0.25, 0.3) is 0 Å². The van der Waals surface area contributed by atoms with Crippen LogP contribution in [0.5, 0.6) is 0 Å². The molecule has 100 valence electrons. The maximum Gasteiger partial charge on any atom is 0.417 e. The van der Waals surface area contributed by atoms with Crippen LogP contribution in [0.4, 0.5) is 13.2 Å². The van der Waals surface area contributed by atoms with E-state index in [1.807, 2.05) is 34.6 Å². The smallest absolute Gasteiger partial charge is 0.166 e. The number of aryl methyl sites for hydroxylation is 1. The lowest BCUT2D eigenvalue weighted by Crippen LogP contribution is -2.05. The third-order valence-corrected chi connectivity index (χ3v) is 2.06. The van der Waals surface area contributed by atoms with Crippen LogP contribution in [0.2, 0.25) is 5.02 Å². The third-order valence-electron chi connectivity index (χ3n) is 1.75. The highest BCUT2D eigenvalue weighted by atomic mass is 35.5.